The molecule has 0 spiro atoms. The Hall–Kier alpha value is -4.84. The van der Waals surface area contributed by atoms with Gasteiger partial charge in [0, 0.05) is 52.5 Å². The summed E-state index contributed by atoms with van der Waals surface area (Å²) in [6.07, 6.45) is 18.0. The summed E-state index contributed by atoms with van der Waals surface area (Å²) in [5, 5.41) is 0. The first-order valence-corrected chi connectivity index (χ1v) is 27.0. The Balaban J connectivity index is 0.000000401. The zero-order valence-corrected chi connectivity index (χ0v) is 45.4. The second kappa shape index (κ2) is 32.9. The summed E-state index contributed by atoms with van der Waals surface area (Å²) in [6.45, 7) is 24.1. The van der Waals surface area contributed by atoms with Crippen LogP contribution in [0.15, 0.2) is 119 Å². The van der Waals surface area contributed by atoms with Crippen molar-refractivity contribution in [3.63, 3.8) is 0 Å². The molecule has 0 aliphatic heterocycles. The van der Waals surface area contributed by atoms with Crippen LogP contribution in [0.3, 0.4) is 0 Å². The summed E-state index contributed by atoms with van der Waals surface area (Å²) in [6, 6.07) is 37.6. The van der Waals surface area contributed by atoms with Gasteiger partial charge in [0.25, 0.3) is 0 Å². The van der Waals surface area contributed by atoms with Crippen molar-refractivity contribution in [3.8, 4) is 0 Å². The lowest BCUT2D eigenvalue weighted by atomic mass is 9.94. The van der Waals surface area contributed by atoms with Crippen molar-refractivity contribution in [2.24, 2.45) is 33.7 Å². The third kappa shape index (κ3) is 22.6. The molecular formula is C63H94N4O2. The van der Waals surface area contributed by atoms with Crippen LogP contribution in [0, 0.1) is 23.7 Å². The van der Waals surface area contributed by atoms with Crippen LogP contribution < -0.4 is 0 Å². The molecule has 6 nitrogen and oxygen atoms in total. The van der Waals surface area contributed by atoms with E-state index in [1.807, 2.05) is 42.6 Å². The average Bonchev–Trinajstić information content (AvgIpc) is 3.35. The molecule has 2 amide bonds. The van der Waals surface area contributed by atoms with Crippen LogP contribution in [-0.4, -0.2) is 73.3 Å². The molecule has 0 aromatic heterocycles. The van der Waals surface area contributed by atoms with Gasteiger partial charge in [-0.3, -0.25) is 19.6 Å². The topological polar surface area (TPSA) is 65.3 Å². The first-order chi connectivity index (χ1) is 33.2. The van der Waals surface area contributed by atoms with Crippen LogP contribution in [0.4, 0.5) is 0 Å². The van der Waals surface area contributed by atoms with Gasteiger partial charge in [0.15, 0.2) is 0 Å². The van der Waals surface area contributed by atoms with Crippen LogP contribution in [-0.2, 0) is 35.3 Å². The van der Waals surface area contributed by atoms with E-state index < -0.39 is 0 Å². The minimum atomic E-state index is -0.380. The minimum absolute atomic E-state index is 0.0450. The first-order valence-electron chi connectivity index (χ1n) is 27.0. The van der Waals surface area contributed by atoms with Gasteiger partial charge in [-0.15, -0.1) is 0 Å². The van der Waals surface area contributed by atoms with Gasteiger partial charge in [0.05, 0.1) is 0 Å². The summed E-state index contributed by atoms with van der Waals surface area (Å²) in [4.78, 5) is 40.6. The number of hydrogen-bond acceptors (Lipinski definition) is 4. The van der Waals surface area contributed by atoms with E-state index >= 15 is 0 Å². The maximum atomic E-state index is 14.4. The van der Waals surface area contributed by atoms with E-state index in [2.05, 4.69) is 158 Å². The number of unbranched alkanes of at least 4 members (excludes halogenated alkanes) is 3. The maximum absolute atomic E-state index is 14.4. The molecule has 0 heterocycles. The number of carbonyl (C=O) groups excluding carboxylic acids is 2. The van der Waals surface area contributed by atoms with Crippen LogP contribution >= 0.6 is 0 Å². The molecule has 0 N–H and O–H groups in total. The summed E-state index contributed by atoms with van der Waals surface area (Å²) in [7, 11) is 3.57. The lowest BCUT2D eigenvalue weighted by molar-refractivity contribution is -0.134. The molecule has 4 rings (SSSR count). The van der Waals surface area contributed by atoms with Crippen LogP contribution in [0.5, 0.6) is 0 Å². The highest BCUT2D eigenvalue weighted by molar-refractivity contribution is 5.84. The highest BCUT2D eigenvalue weighted by Gasteiger charge is 2.28. The van der Waals surface area contributed by atoms with Gasteiger partial charge in [-0.05, 0) is 94.6 Å². The molecular weight excluding hydrogens is 845 g/mol. The van der Waals surface area contributed by atoms with Crippen LogP contribution in [0.2, 0.25) is 0 Å². The Bertz CT molecular complexity index is 2020. The van der Waals surface area contributed by atoms with Gasteiger partial charge in [-0.25, -0.2) is 0 Å². The highest BCUT2D eigenvalue weighted by atomic mass is 16.2. The Morgan fingerprint density at radius 1 is 0.478 bits per heavy atom. The molecule has 378 valence electrons. The molecule has 0 saturated heterocycles. The van der Waals surface area contributed by atoms with E-state index in [1.165, 1.54) is 72.8 Å². The quantitative estimate of drug-likeness (QED) is 0.0402. The van der Waals surface area contributed by atoms with E-state index in [4.69, 9.17) is 4.99 Å². The fourth-order valence-corrected chi connectivity index (χ4v) is 8.92. The predicted octanol–water partition coefficient (Wildman–Crippen LogP) is 15.1. The zero-order chi connectivity index (χ0) is 50.6. The number of amides is 2. The molecule has 4 aromatic carbocycles. The molecule has 0 bridgehead atoms. The third-order valence-electron chi connectivity index (χ3n) is 13.6. The van der Waals surface area contributed by atoms with Crippen molar-refractivity contribution in [1.82, 2.24) is 9.80 Å². The molecule has 0 radical (unpaired) electrons. The maximum Gasteiger partial charge on any atom is 0.247 e. The second-order valence-corrected chi connectivity index (χ2v) is 20.8. The van der Waals surface area contributed by atoms with E-state index in [9.17, 15) is 9.59 Å². The van der Waals surface area contributed by atoms with Crippen molar-refractivity contribution < 1.29 is 9.59 Å². The van der Waals surface area contributed by atoms with Crippen molar-refractivity contribution in [2.75, 3.05) is 27.2 Å². The largest absolute Gasteiger partial charge is 0.347 e. The summed E-state index contributed by atoms with van der Waals surface area (Å²) in [5.41, 5.74) is 7.67. The number of carbonyl (C=O) groups is 2. The molecule has 6 atom stereocenters. The molecule has 0 aliphatic carbocycles. The lowest BCUT2D eigenvalue weighted by Gasteiger charge is -2.32. The molecule has 0 aliphatic rings. The van der Waals surface area contributed by atoms with E-state index in [1.54, 1.807) is 19.0 Å². The smallest absolute Gasteiger partial charge is 0.247 e. The lowest BCUT2D eigenvalue weighted by Crippen LogP contribution is -2.44. The summed E-state index contributed by atoms with van der Waals surface area (Å²) >= 11 is 0. The van der Waals surface area contributed by atoms with Crippen molar-refractivity contribution in [2.45, 2.75) is 177 Å². The zero-order valence-electron chi connectivity index (χ0n) is 45.4. The molecule has 4 aromatic rings. The van der Waals surface area contributed by atoms with Gasteiger partial charge < -0.3 is 9.80 Å². The van der Waals surface area contributed by atoms with Crippen molar-refractivity contribution in [3.05, 3.63) is 143 Å². The monoisotopic (exact) mass is 939 g/mol. The second-order valence-electron chi connectivity index (χ2n) is 20.8. The summed E-state index contributed by atoms with van der Waals surface area (Å²) in [5.74, 6) is 3.00. The van der Waals surface area contributed by atoms with Gasteiger partial charge >= 0.3 is 0 Å². The van der Waals surface area contributed by atoms with Gasteiger partial charge in [0.1, 0.15) is 12.1 Å². The van der Waals surface area contributed by atoms with Gasteiger partial charge in [-0.1, -0.05) is 223 Å². The first kappa shape index (κ1) is 58.5. The average molecular weight is 939 g/mol. The highest BCUT2D eigenvalue weighted by Crippen LogP contribution is 2.23. The number of rotatable bonds is 29. The Morgan fingerprint density at radius 2 is 0.855 bits per heavy atom. The Morgan fingerprint density at radius 3 is 1.22 bits per heavy atom. The summed E-state index contributed by atoms with van der Waals surface area (Å²) < 4.78 is 0. The normalized spacial score (nSPS) is 14.3. The van der Waals surface area contributed by atoms with Crippen molar-refractivity contribution in [1.29, 1.82) is 0 Å². The van der Waals surface area contributed by atoms with Crippen LogP contribution in [0.25, 0.3) is 0 Å². The van der Waals surface area contributed by atoms with E-state index in [0.717, 1.165) is 44.3 Å². The van der Waals surface area contributed by atoms with E-state index in [-0.39, 0.29) is 35.7 Å². The standard InChI is InChI=1S/C39H62N2O.C24H32N2O/c1-8-12-15-19-34(11-4)30-41(29-33(10-3)18-13-9-2)39(42)38(27-35-20-16-14-17-21-35)40-28-32(7)26-36-22-24-37(25-23-36)31(5)6;1-18(2)22-13-11-21(12-14-22)15-19(3)17-25-23(24(27)26(4)5)16-20-9-7-6-8-10-20/h14,16-17,20-25,28,31-34,38H,8-13,15,18-19,26-27,29-30H2,1-7H3;6-14,17-19,23H,15-16H2,1-5H3. The fourth-order valence-electron chi connectivity index (χ4n) is 8.92. The van der Waals surface area contributed by atoms with Gasteiger partial charge in [-0.2, -0.15) is 0 Å². The van der Waals surface area contributed by atoms with E-state index in [0.29, 0.717) is 36.5 Å². The van der Waals surface area contributed by atoms with Gasteiger partial charge in [0.2, 0.25) is 11.8 Å². The molecule has 69 heavy (non-hydrogen) atoms. The predicted molar refractivity (Wildman–Crippen MR) is 298 cm³/mol. The Kier molecular flexibility index (Phi) is 27.9. The fraction of sp³-hybridized carbons (Fsp3) is 0.556. The Labute approximate surface area is 421 Å². The molecule has 0 saturated carbocycles. The van der Waals surface area contributed by atoms with Crippen LogP contribution in [0.1, 0.15) is 172 Å². The molecule has 6 unspecified atom stereocenters. The molecule has 0 fully saturated rings. The number of aliphatic imine (C=N–C) groups is 2. The third-order valence-corrected chi connectivity index (χ3v) is 13.6. The van der Waals surface area contributed by atoms with Crippen molar-refractivity contribution >= 4 is 24.2 Å². The number of hydrogen-bond donors (Lipinski definition) is 0. The number of nitrogens with zero attached hydrogens (tertiary/aromatic N) is 4. The molecule has 6 heteroatoms. The minimum Gasteiger partial charge on any atom is -0.347 e. The number of likely N-dealkylation sites (N-methyl/N-ethyl adjacent to an activating group) is 1. The SMILES string of the molecule is CC(C=NC(Cc1ccccc1)C(=O)N(C)C)Cc1ccc(C(C)C)cc1.CCCCCC(CC)CN(CC(CC)CCCC)C(=O)C(Cc1ccccc1)N=CC(C)Cc1ccc(C(C)C)cc1. The number of benzene rings is 4.